The molecule has 4 rings (SSSR count). The second kappa shape index (κ2) is 31.1. The Labute approximate surface area is 456 Å². The molecule has 0 radical (unpaired) electrons. The zero-order valence-corrected chi connectivity index (χ0v) is 45.6. The smallest absolute Gasteiger partial charge is 0.413 e. The summed E-state index contributed by atoms with van der Waals surface area (Å²) in [6.45, 7) is 6.83. The van der Waals surface area contributed by atoms with Crippen molar-refractivity contribution in [2.45, 2.75) is 104 Å². The third kappa shape index (κ3) is 21.1. The Morgan fingerprint density at radius 2 is 0.962 bits per heavy atom. The number of methoxy groups -OCH3 is 2. The molecular weight excluding hydrogens is 1070 g/mol. The molecule has 424 valence electrons. The van der Waals surface area contributed by atoms with Crippen LogP contribution in [0, 0.1) is 11.3 Å². The first kappa shape index (κ1) is 63.1. The van der Waals surface area contributed by atoms with Gasteiger partial charge in [-0.05, 0) is 160 Å². The van der Waals surface area contributed by atoms with Gasteiger partial charge in [-0.15, -0.1) is 0 Å². The van der Waals surface area contributed by atoms with Gasteiger partial charge in [0.25, 0.3) is 0 Å². The summed E-state index contributed by atoms with van der Waals surface area (Å²) in [5.74, 6) is -1.13. The summed E-state index contributed by atoms with van der Waals surface area (Å²) in [6, 6.07) is 18.6. The molecule has 3 atom stereocenters. The number of aliphatic imine (C=N–C) groups is 2. The third-order valence-corrected chi connectivity index (χ3v) is 15.2. The van der Waals surface area contributed by atoms with Gasteiger partial charge in [0.05, 0.1) is 40.3 Å². The van der Waals surface area contributed by atoms with Crippen LogP contribution in [0.2, 0.25) is 0 Å². The van der Waals surface area contributed by atoms with E-state index in [4.69, 9.17) is 23.7 Å². The fourth-order valence-electron chi connectivity index (χ4n) is 7.67. The Kier molecular flexibility index (Phi) is 24.8. The molecule has 79 heavy (non-hydrogen) atoms. The highest BCUT2D eigenvalue weighted by molar-refractivity contribution is 7.91. The van der Waals surface area contributed by atoms with Gasteiger partial charge in [-0.2, -0.15) is 4.99 Å². The highest BCUT2D eigenvalue weighted by Gasteiger charge is 2.26. The maximum absolute atomic E-state index is 13.4. The van der Waals surface area contributed by atoms with Gasteiger partial charge in [0.15, 0.2) is 6.04 Å². The monoisotopic (exact) mass is 1130 g/mol. The number of carbonyl (C=O) groups excluding carboxylic acids is 8. The van der Waals surface area contributed by atoms with Crippen LogP contribution in [-0.2, 0) is 48.3 Å². The van der Waals surface area contributed by atoms with Gasteiger partial charge in [0, 0.05) is 19.6 Å². The predicted molar refractivity (Wildman–Crippen MR) is 281 cm³/mol. The fraction of sp³-hybridized carbons (Fsp3) is 0.396. The molecule has 0 aliphatic rings. The van der Waals surface area contributed by atoms with E-state index in [2.05, 4.69) is 36.0 Å². The Morgan fingerprint density at radius 1 is 0.544 bits per heavy atom. The average molecular weight is 1140 g/mol. The van der Waals surface area contributed by atoms with Gasteiger partial charge in [-0.1, -0.05) is 20.8 Å². The van der Waals surface area contributed by atoms with Crippen molar-refractivity contribution in [1.82, 2.24) is 21.3 Å². The lowest BCUT2D eigenvalue weighted by Crippen LogP contribution is -2.42. The molecule has 0 spiro atoms. The summed E-state index contributed by atoms with van der Waals surface area (Å²) in [7, 11) is -5.71. The summed E-state index contributed by atoms with van der Waals surface area (Å²) in [4.78, 5) is 101. The van der Waals surface area contributed by atoms with E-state index in [-0.39, 0.29) is 92.9 Å². The van der Waals surface area contributed by atoms with Crippen molar-refractivity contribution in [2.24, 2.45) is 21.3 Å². The largest absolute Gasteiger partial charge is 0.467 e. The zero-order valence-electron chi connectivity index (χ0n) is 44.0. The standard InChI is InChI=1S/C53H62N6O18S2/c1-36(33-57-51(66)76-39-16-24-43(25-17-39)78(68,69)41-20-12-37(13-21-41)74-49(64)55-30-9-7-10-45(58-35-61)47(62)72-4)32-53(2,3)28-31-56-50(65)75-38-14-22-42(23-15-38)79(70,71)44-26-18-40(19-27-44)77-52(67)59-46(48(63)73-5)11-6-8-29-54-34-60/h12-27,36,45-46H,6-11,28-33H2,1-5H3,(H,55,64)(H,56,65)(H,57,66)(H,59,67). The first-order valence-corrected chi connectivity index (χ1v) is 27.6. The topological polar surface area (TPSA) is 333 Å². The van der Waals surface area contributed by atoms with Crippen LogP contribution in [0.1, 0.15) is 72.1 Å². The number of unbranched alkanes of at least 4 members (excludes halogenated alkanes) is 2. The van der Waals surface area contributed by atoms with E-state index in [1.807, 2.05) is 20.8 Å². The van der Waals surface area contributed by atoms with Crippen molar-refractivity contribution < 1.29 is 83.6 Å². The second-order valence-electron chi connectivity index (χ2n) is 18.4. The minimum Gasteiger partial charge on any atom is -0.467 e. The lowest BCUT2D eigenvalue weighted by Gasteiger charge is -2.28. The molecule has 4 amide bonds. The summed E-state index contributed by atoms with van der Waals surface area (Å²) in [6.07, 6.45) is 2.88. The number of isocyanates is 2. The molecule has 0 saturated carbocycles. The third-order valence-electron chi connectivity index (χ3n) is 11.7. The Bertz CT molecular complexity index is 3040. The molecule has 24 nitrogen and oxygen atoms in total. The first-order valence-electron chi connectivity index (χ1n) is 24.6. The first-order chi connectivity index (χ1) is 37.6. The van der Waals surface area contributed by atoms with Crippen LogP contribution in [0.5, 0.6) is 23.0 Å². The SMILES string of the molecule is COC(=O)C(CCCCNC(=O)Oc1ccc(S(=O)(=O)c2ccc(OC(=O)NCC(C)CC(C)(C)CCNC(=O)Oc3ccc(S(=O)(=O)c4ccc(OC(=O)NC(CCCCN=C=O)C(=O)OC)cc4)cc3)cc2)cc1)N=C=O. The number of esters is 2. The van der Waals surface area contributed by atoms with Crippen molar-refractivity contribution in [2.75, 3.05) is 40.4 Å². The minimum absolute atomic E-state index is 0.00182. The average Bonchev–Trinajstić information content (AvgIpc) is 3.44. The van der Waals surface area contributed by atoms with Crippen molar-refractivity contribution >= 4 is 68.1 Å². The van der Waals surface area contributed by atoms with Gasteiger partial charge < -0.3 is 49.7 Å². The molecule has 3 unspecified atom stereocenters. The molecule has 0 aromatic heterocycles. The molecule has 0 aliphatic heterocycles. The van der Waals surface area contributed by atoms with Gasteiger partial charge in [0.1, 0.15) is 29.0 Å². The lowest BCUT2D eigenvalue weighted by molar-refractivity contribution is -0.143. The lowest BCUT2D eigenvalue weighted by atomic mass is 9.80. The van der Waals surface area contributed by atoms with Crippen molar-refractivity contribution in [3.8, 4) is 23.0 Å². The van der Waals surface area contributed by atoms with Crippen molar-refractivity contribution in [3.05, 3.63) is 97.1 Å². The van der Waals surface area contributed by atoms with Crippen LogP contribution >= 0.6 is 0 Å². The quantitative estimate of drug-likeness (QED) is 0.0185. The highest BCUT2D eigenvalue weighted by Crippen LogP contribution is 2.30. The number of amides is 4. The second-order valence-corrected chi connectivity index (χ2v) is 22.3. The van der Waals surface area contributed by atoms with E-state index in [1.54, 1.807) is 0 Å². The number of hydrogen-bond acceptors (Lipinski definition) is 20. The summed E-state index contributed by atoms with van der Waals surface area (Å²) in [5.41, 5.74) is -0.297. The molecule has 0 saturated heterocycles. The molecule has 0 heterocycles. The van der Waals surface area contributed by atoms with Crippen LogP contribution in [0.3, 0.4) is 0 Å². The van der Waals surface area contributed by atoms with E-state index < -0.39 is 68.1 Å². The van der Waals surface area contributed by atoms with Crippen LogP contribution in [0.25, 0.3) is 0 Å². The van der Waals surface area contributed by atoms with E-state index in [1.165, 1.54) is 116 Å². The summed E-state index contributed by atoms with van der Waals surface area (Å²) >= 11 is 0. The van der Waals surface area contributed by atoms with Crippen LogP contribution in [-0.4, -0.2) is 118 Å². The number of benzene rings is 4. The van der Waals surface area contributed by atoms with E-state index in [9.17, 15) is 55.2 Å². The van der Waals surface area contributed by atoms with Gasteiger partial charge in [0.2, 0.25) is 31.8 Å². The maximum atomic E-state index is 13.4. The number of hydrogen-bond donors (Lipinski definition) is 4. The van der Waals surface area contributed by atoms with E-state index in [0.717, 1.165) is 7.11 Å². The molecule has 0 fully saturated rings. The Hall–Kier alpha value is -8.44. The van der Waals surface area contributed by atoms with Gasteiger partial charge in [-0.3, -0.25) is 0 Å². The molecule has 0 bridgehead atoms. The van der Waals surface area contributed by atoms with Crippen LogP contribution < -0.4 is 40.2 Å². The number of rotatable bonds is 29. The molecular formula is C53H62N6O18S2. The number of carbonyl (C=O) groups is 6. The Morgan fingerprint density at radius 3 is 1.39 bits per heavy atom. The summed E-state index contributed by atoms with van der Waals surface area (Å²) in [5, 5.41) is 10.3. The summed E-state index contributed by atoms with van der Waals surface area (Å²) < 4.78 is 83.8. The number of nitrogens with one attached hydrogen (secondary N) is 4. The number of ether oxygens (including phenoxy) is 6. The predicted octanol–water partition coefficient (Wildman–Crippen LogP) is 6.94. The molecule has 0 aliphatic carbocycles. The Balaban J connectivity index is 1.14. The minimum atomic E-state index is -4.04. The van der Waals surface area contributed by atoms with E-state index in [0.29, 0.717) is 38.5 Å². The van der Waals surface area contributed by atoms with Gasteiger partial charge in [-0.25, -0.2) is 60.2 Å². The number of sulfone groups is 2. The maximum Gasteiger partial charge on any atom is 0.413 e. The number of nitrogens with zero attached hydrogens (tertiary/aromatic N) is 2. The van der Waals surface area contributed by atoms with Crippen LogP contribution in [0.4, 0.5) is 19.2 Å². The van der Waals surface area contributed by atoms with Crippen LogP contribution in [0.15, 0.2) is 127 Å². The molecule has 4 aromatic carbocycles. The zero-order chi connectivity index (χ0) is 58.0. The molecule has 4 N–H and O–H groups in total. The fourth-order valence-corrected chi connectivity index (χ4v) is 10.2. The van der Waals surface area contributed by atoms with Gasteiger partial charge >= 0.3 is 36.3 Å². The highest BCUT2D eigenvalue weighted by atomic mass is 32.2. The molecule has 4 aromatic rings. The van der Waals surface area contributed by atoms with Crippen molar-refractivity contribution in [1.29, 1.82) is 0 Å². The van der Waals surface area contributed by atoms with E-state index >= 15 is 0 Å². The normalized spacial score (nSPS) is 12.3. The van der Waals surface area contributed by atoms with Crippen molar-refractivity contribution in [3.63, 3.8) is 0 Å². The molecule has 26 heteroatoms.